The van der Waals surface area contributed by atoms with Gasteiger partial charge in [0.25, 0.3) is 20.0 Å². The Labute approximate surface area is 235 Å². The van der Waals surface area contributed by atoms with Gasteiger partial charge in [-0.2, -0.15) is 13.2 Å². The molecule has 0 aliphatic rings. The second kappa shape index (κ2) is 11.6. The zero-order valence-corrected chi connectivity index (χ0v) is 23.1. The highest BCUT2D eigenvalue weighted by Crippen LogP contribution is 2.31. The lowest BCUT2D eigenvalue weighted by Crippen LogP contribution is -2.38. The Bertz CT molecular complexity index is 1760. The molecule has 0 aliphatic heterocycles. The summed E-state index contributed by atoms with van der Waals surface area (Å²) in [6.07, 6.45) is -4.64. The van der Waals surface area contributed by atoms with Crippen molar-refractivity contribution in [3.05, 3.63) is 114 Å². The van der Waals surface area contributed by atoms with Crippen molar-refractivity contribution < 1.29 is 34.8 Å². The fraction of sp³-hybridized carbons (Fsp3) is 0.107. The number of rotatable bonds is 9. The van der Waals surface area contributed by atoms with Gasteiger partial charge in [-0.05, 0) is 79.2 Å². The number of nitrogens with one attached hydrogen (secondary N) is 2. The largest absolute Gasteiger partial charge is 0.416 e. The van der Waals surface area contributed by atoms with Gasteiger partial charge in [-0.1, -0.05) is 36.4 Å². The van der Waals surface area contributed by atoms with Crippen LogP contribution in [0.1, 0.15) is 11.1 Å². The zero-order chi connectivity index (χ0) is 29.8. The second-order valence-corrected chi connectivity index (χ2v) is 12.5. The number of aryl methyl sites for hydroxylation is 1. The fourth-order valence-corrected chi connectivity index (χ4v) is 6.32. The summed E-state index contributed by atoms with van der Waals surface area (Å²) >= 11 is 0. The van der Waals surface area contributed by atoms with E-state index in [-0.39, 0.29) is 26.9 Å². The van der Waals surface area contributed by atoms with Crippen molar-refractivity contribution in [3.63, 3.8) is 0 Å². The summed E-state index contributed by atoms with van der Waals surface area (Å²) in [5.74, 6) is -0.691. The molecular formula is C28H24F3N3O5S2. The molecule has 4 rings (SSSR count). The molecule has 0 spiro atoms. The van der Waals surface area contributed by atoms with Crippen molar-refractivity contribution in [2.75, 3.05) is 20.9 Å². The van der Waals surface area contributed by atoms with Crippen LogP contribution in [-0.2, 0) is 31.0 Å². The lowest BCUT2D eigenvalue weighted by Gasteiger charge is -2.24. The molecule has 0 unspecified atom stereocenters. The highest BCUT2D eigenvalue weighted by atomic mass is 32.2. The quantitative estimate of drug-likeness (QED) is 0.257. The number of hydrogen-bond acceptors (Lipinski definition) is 5. The maximum Gasteiger partial charge on any atom is 0.416 e. The number of carbonyl (C=O) groups is 1. The third kappa shape index (κ3) is 7.24. The van der Waals surface area contributed by atoms with Gasteiger partial charge >= 0.3 is 6.18 Å². The van der Waals surface area contributed by atoms with Crippen molar-refractivity contribution in [1.29, 1.82) is 0 Å². The van der Waals surface area contributed by atoms with Crippen molar-refractivity contribution in [2.24, 2.45) is 0 Å². The van der Waals surface area contributed by atoms with Gasteiger partial charge < -0.3 is 5.32 Å². The minimum atomic E-state index is -4.64. The molecule has 0 saturated heterocycles. The van der Waals surface area contributed by atoms with E-state index in [1.165, 1.54) is 30.3 Å². The second-order valence-electron chi connectivity index (χ2n) is 8.92. The van der Waals surface area contributed by atoms with Crippen molar-refractivity contribution in [2.45, 2.75) is 22.9 Å². The third-order valence-electron chi connectivity index (χ3n) is 5.80. The molecule has 0 aromatic heterocycles. The molecule has 214 valence electrons. The molecular weight excluding hydrogens is 579 g/mol. The molecule has 0 saturated carbocycles. The first kappa shape index (κ1) is 29.6. The molecule has 8 nitrogen and oxygen atoms in total. The lowest BCUT2D eigenvalue weighted by atomic mass is 10.2. The Balaban J connectivity index is 1.51. The minimum absolute atomic E-state index is 0.00265. The van der Waals surface area contributed by atoms with Gasteiger partial charge in [0.15, 0.2) is 0 Å². The Kier molecular flexibility index (Phi) is 8.40. The van der Waals surface area contributed by atoms with Gasteiger partial charge in [-0.25, -0.2) is 16.8 Å². The SMILES string of the molecule is Cc1cccc(N(CC(=O)Nc2ccc(S(=O)(=O)Nc3cccc(C(F)(F)F)c3)cc2)S(=O)(=O)c2ccccc2)c1. The molecule has 0 atom stereocenters. The van der Waals surface area contributed by atoms with E-state index in [1.807, 2.05) is 0 Å². The normalized spacial score (nSPS) is 12.0. The summed E-state index contributed by atoms with van der Waals surface area (Å²) < 4.78 is 94.3. The molecule has 4 aromatic carbocycles. The Morgan fingerprint density at radius 3 is 2.05 bits per heavy atom. The van der Waals surface area contributed by atoms with Gasteiger partial charge in [0.1, 0.15) is 6.54 Å². The van der Waals surface area contributed by atoms with Crippen LogP contribution in [0.25, 0.3) is 0 Å². The zero-order valence-electron chi connectivity index (χ0n) is 21.5. The van der Waals surface area contributed by atoms with Crippen LogP contribution in [0.2, 0.25) is 0 Å². The topological polar surface area (TPSA) is 113 Å². The Morgan fingerprint density at radius 2 is 1.41 bits per heavy atom. The number of halogens is 3. The molecule has 13 heteroatoms. The maximum absolute atomic E-state index is 13.4. The number of alkyl halides is 3. The average molecular weight is 604 g/mol. The first-order valence-corrected chi connectivity index (χ1v) is 14.9. The number of sulfonamides is 2. The van der Waals surface area contributed by atoms with E-state index in [0.717, 1.165) is 34.1 Å². The number of anilines is 3. The predicted molar refractivity (Wildman–Crippen MR) is 149 cm³/mol. The van der Waals surface area contributed by atoms with Crippen LogP contribution in [0, 0.1) is 6.92 Å². The molecule has 0 aliphatic carbocycles. The Hall–Kier alpha value is -4.36. The first-order valence-electron chi connectivity index (χ1n) is 12.0. The molecule has 4 aromatic rings. The smallest absolute Gasteiger partial charge is 0.325 e. The summed E-state index contributed by atoms with van der Waals surface area (Å²) in [7, 11) is -8.36. The highest BCUT2D eigenvalue weighted by molar-refractivity contribution is 7.93. The van der Waals surface area contributed by atoms with Gasteiger partial charge in [0, 0.05) is 11.4 Å². The summed E-state index contributed by atoms with van der Waals surface area (Å²) in [4.78, 5) is 12.7. The highest BCUT2D eigenvalue weighted by Gasteiger charge is 2.31. The van der Waals surface area contributed by atoms with Crippen LogP contribution in [0.15, 0.2) is 113 Å². The summed E-state index contributed by atoms with van der Waals surface area (Å²) in [6.45, 7) is 1.21. The maximum atomic E-state index is 13.4. The number of hydrogen-bond donors (Lipinski definition) is 2. The summed E-state index contributed by atoms with van der Waals surface area (Å²) in [6, 6.07) is 22.9. The minimum Gasteiger partial charge on any atom is -0.325 e. The molecule has 2 N–H and O–H groups in total. The van der Waals surface area contributed by atoms with E-state index >= 15 is 0 Å². The van der Waals surface area contributed by atoms with E-state index in [1.54, 1.807) is 49.4 Å². The number of benzene rings is 4. The van der Waals surface area contributed by atoms with E-state index < -0.39 is 44.2 Å². The van der Waals surface area contributed by atoms with E-state index in [9.17, 15) is 34.8 Å². The van der Waals surface area contributed by atoms with Crippen molar-refractivity contribution in [3.8, 4) is 0 Å². The fourth-order valence-electron chi connectivity index (χ4n) is 3.84. The molecule has 0 bridgehead atoms. The van der Waals surface area contributed by atoms with Gasteiger partial charge in [0.2, 0.25) is 5.91 Å². The molecule has 0 radical (unpaired) electrons. The third-order valence-corrected chi connectivity index (χ3v) is 8.98. The van der Waals surface area contributed by atoms with Crippen LogP contribution in [-0.4, -0.2) is 29.3 Å². The predicted octanol–water partition coefficient (Wildman–Crippen LogP) is 5.65. The van der Waals surface area contributed by atoms with Crippen molar-refractivity contribution in [1.82, 2.24) is 0 Å². The van der Waals surface area contributed by atoms with Crippen LogP contribution in [0.3, 0.4) is 0 Å². The van der Waals surface area contributed by atoms with E-state index in [0.29, 0.717) is 6.07 Å². The number of carbonyl (C=O) groups excluding carboxylic acids is 1. The molecule has 1 amide bonds. The number of amides is 1. The first-order chi connectivity index (χ1) is 19.3. The van der Waals surface area contributed by atoms with Crippen molar-refractivity contribution >= 4 is 43.0 Å². The molecule has 0 heterocycles. The average Bonchev–Trinajstić information content (AvgIpc) is 2.92. The van der Waals surface area contributed by atoms with Crippen LogP contribution in [0.5, 0.6) is 0 Å². The standard InChI is InChI=1S/C28H24F3N3O5S2/c1-20-7-5-10-24(17-20)34(41(38,39)26-11-3-2-4-12-26)19-27(35)32-22-13-15-25(16-14-22)40(36,37)33-23-9-6-8-21(18-23)28(29,30)31/h2-18,33H,19H2,1H3,(H,32,35). The summed E-state index contributed by atoms with van der Waals surface area (Å²) in [5, 5.41) is 2.55. The van der Waals surface area contributed by atoms with Gasteiger partial charge in [-0.15, -0.1) is 0 Å². The molecule has 0 fully saturated rings. The lowest BCUT2D eigenvalue weighted by molar-refractivity contribution is -0.137. The van der Waals surface area contributed by atoms with Gasteiger partial charge in [-0.3, -0.25) is 13.8 Å². The Morgan fingerprint density at radius 1 is 0.756 bits per heavy atom. The monoisotopic (exact) mass is 603 g/mol. The van der Waals surface area contributed by atoms with E-state index in [4.69, 9.17) is 0 Å². The van der Waals surface area contributed by atoms with Gasteiger partial charge in [0.05, 0.1) is 21.0 Å². The van der Waals surface area contributed by atoms with Crippen LogP contribution < -0.4 is 14.3 Å². The van der Waals surface area contributed by atoms with Crippen LogP contribution in [0.4, 0.5) is 30.2 Å². The molecule has 41 heavy (non-hydrogen) atoms. The van der Waals surface area contributed by atoms with Crippen LogP contribution >= 0.6 is 0 Å². The van der Waals surface area contributed by atoms with E-state index in [2.05, 4.69) is 10.0 Å². The summed E-state index contributed by atoms with van der Waals surface area (Å²) in [5.41, 5.74) is -0.0371. The number of nitrogens with zero attached hydrogens (tertiary/aromatic N) is 1.